The molecule has 3 aromatic rings. The fourth-order valence-electron chi connectivity index (χ4n) is 5.71. The fourth-order valence-corrected chi connectivity index (χ4v) is 5.71. The zero-order chi connectivity index (χ0) is 27.0. The third-order valence-electron chi connectivity index (χ3n) is 7.12. The van der Waals surface area contributed by atoms with Crippen molar-refractivity contribution in [3.8, 4) is 5.75 Å². The lowest BCUT2D eigenvalue weighted by molar-refractivity contribution is -0.140. The lowest BCUT2D eigenvalue weighted by Gasteiger charge is -2.40. The minimum atomic E-state index is -4.40. The standard InChI is InChI=1S/C28H34F3N3O3/c1-17-12-21(16-27(2,3)15-17)34-23-14-24(36-4)18(6-11-25(35)37-5)13-22(23)33-26(34)32-20-9-7-19(8-10-20)28(29,30)31/h7-10,13-14,17,21H,6,11-12,15-16H2,1-5H3,(H,32,33)/t17-,21-/m1/s1. The first kappa shape index (κ1) is 26.8. The van der Waals surface area contributed by atoms with Crippen molar-refractivity contribution in [3.05, 3.63) is 47.5 Å². The van der Waals surface area contributed by atoms with E-state index in [1.165, 1.54) is 19.2 Å². The van der Waals surface area contributed by atoms with Crippen LogP contribution in [-0.2, 0) is 22.1 Å². The summed E-state index contributed by atoms with van der Waals surface area (Å²) in [5.41, 5.74) is 2.40. The van der Waals surface area contributed by atoms with Crippen LogP contribution in [0.5, 0.6) is 5.75 Å². The Morgan fingerprint density at radius 1 is 1.16 bits per heavy atom. The van der Waals surface area contributed by atoms with Gasteiger partial charge < -0.3 is 19.4 Å². The van der Waals surface area contributed by atoms with Gasteiger partial charge in [-0.2, -0.15) is 13.2 Å². The molecule has 1 aliphatic carbocycles. The Hall–Kier alpha value is -3.23. The third kappa shape index (κ3) is 6.02. The number of nitrogens with zero attached hydrogens (tertiary/aromatic N) is 2. The maximum atomic E-state index is 13.1. The number of rotatable bonds is 7. The number of aromatic nitrogens is 2. The average Bonchev–Trinajstić information content (AvgIpc) is 3.16. The van der Waals surface area contributed by atoms with Gasteiger partial charge in [0, 0.05) is 24.2 Å². The average molecular weight is 518 g/mol. The smallest absolute Gasteiger partial charge is 0.416 e. The molecule has 0 unspecified atom stereocenters. The molecular weight excluding hydrogens is 483 g/mol. The van der Waals surface area contributed by atoms with Crippen LogP contribution in [0.15, 0.2) is 36.4 Å². The van der Waals surface area contributed by atoms with E-state index in [1.807, 2.05) is 12.1 Å². The number of alkyl halides is 3. The predicted octanol–water partition coefficient (Wildman–Crippen LogP) is 7.30. The number of nitrogens with one attached hydrogen (secondary N) is 1. The molecule has 1 aromatic heterocycles. The molecule has 0 saturated heterocycles. The van der Waals surface area contributed by atoms with Gasteiger partial charge in [-0.25, -0.2) is 4.98 Å². The van der Waals surface area contributed by atoms with E-state index in [0.29, 0.717) is 29.7 Å². The van der Waals surface area contributed by atoms with Gasteiger partial charge in [0.25, 0.3) is 0 Å². The molecule has 1 heterocycles. The van der Waals surface area contributed by atoms with Gasteiger partial charge in [-0.05, 0) is 72.9 Å². The summed E-state index contributed by atoms with van der Waals surface area (Å²) in [7, 11) is 2.95. The third-order valence-corrected chi connectivity index (χ3v) is 7.12. The molecule has 0 amide bonds. The zero-order valence-corrected chi connectivity index (χ0v) is 21.9. The number of aryl methyl sites for hydroxylation is 1. The highest BCUT2D eigenvalue weighted by Crippen LogP contribution is 2.46. The Bertz CT molecular complexity index is 1270. The first-order chi connectivity index (χ1) is 17.4. The van der Waals surface area contributed by atoms with E-state index in [0.717, 1.165) is 48.0 Å². The van der Waals surface area contributed by atoms with Crippen molar-refractivity contribution in [2.75, 3.05) is 19.5 Å². The fraction of sp³-hybridized carbons (Fsp3) is 0.500. The second kappa shape index (κ2) is 10.3. The quantitative estimate of drug-likeness (QED) is 0.333. The number of fused-ring (bicyclic) bond motifs is 1. The van der Waals surface area contributed by atoms with Gasteiger partial charge in [-0.3, -0.25) is 4.79 Å². The van der Waals surface area contributed by atoms with Crippen LogP contribution in [0.1, 0.15) is 63.6 Å². The SMILES string of the molecule is COC(=O)CCc1cc2nc(Nc3ccc(C(F)(F)F)cc3)n([C@@H]3C[C@@H](C)CC(C)(C)C3)c2cc1OC. The second-order valence-electron chi connectivity index (χ2n) is 10.8. The number of methoxy groups -OCH3 is 2. The number of carbonyl (C=O) groups excluding carboxylic acids is 1. The van der Waals surface area contributed by atoms with Gasteiger partial charge in [0.1, 0.15) is 5.75 Å². The molecule has 9 heteroatoms. The second-order valence-corrected chi connectivity index (χ2v) is 10.8. The number of hydrogen-bond donors (Lipinski definition) is 1. The Morgan fingerprint density at radius 3 is 2.46 bits per heavy atom. The summed E-state index contributed by atoms with van der Waals surface area (Å²) >= 11 is 0. The lowest BCUT2D eigenvalue weighted by Crippen LogP contribution is -2.29. The molecule has 0 radical (unpaired) electrons. The van der Waals surface area contributed by atoms with Crippen LogP contribution < -0.4 is 10.1 Å². The summed E-state index contributed by atoms with van der Waals surface area (Å²) < 4.78 is 51.8. The Kier molecular flexibility index (Phi) is 7.44. The molecule has 0 bridgehead atoms. The molecule has 1 saturated carbocycles. The van der Waals surface area contributed by atoms with E-state index in [2.05, 4.69) is 30.7 Å². The van der Waals surface area contributed by atoms with Crippen LogP contribution in [0.3, 0.4) is 0 Å². The topological polar surface area (TPSA) is 65.4 Å². The summed E-state index contributed by atoms with van der Waals surface area (Å²) in [6.45, 7) is 6.79. The van der Waals surface area contributed by atoms with Gasteiger partial charge in [-0.1, -0.05) is 20.8 Å². The highest BCUT2D eigenvalue weighted by Gasteiger charge is 2.35. The molecule has 0 spiro atoms. The number of esters is 1. The van der Waals surface area contributed by atoms with E-state index in [1.54, 1.807) is 7.11 Å². The van der Waals surface area contributed by atoms with Gasteiger partial charge in [-0.15, -0.1) is 0 Å². The molecule has 2 aromatic carbocycles. The van der Waals surface area contributed by atoms with Gasteiger partial charge in [0.05, 0.1) is 30.8 Å². The number of imidazole rings is 1. The summed E-state index contributed by atoms with van der Waals surface area (Å²) in [6.07, 6.45) is -0.719. The molecule has 1 fully saturated rings. The van der Waals surface area contributed by atoms with Crippen LogP contribution in [-0.4, -0.2) is 29.7 Å². The van der Waals surface area contributed by atoms with Crippen molar-refractivity contribution in [2.24, 2.45) is 11.3 Å². The number of carbonyl (C=O) groups is 1. The lowest BCUT2D eigenvalue weighted by atomic mass is 9.70. The summed E-state index contributed by atoms with van der Waals surface area (Å²) in [5.74, 6) is 1.42. The molecular formula is C28H34F3N3O3. The molecule has 37 heavy (non-hydrogen) atoms. The van der Waals surface area contributed by atoms with Crippen molar-refractivity contribution in [2.45, 2.75) is 65.1 Å². The Balaban J connectivity index is 1.79. The molecule has 0 aliphatic heterocycles. The van der Waals surface area contributed by atoms with Crippen molar-refractivity contribution >= 4 is 28.6 Å². The molecule has 2 atom stereocenters. The van der Waals surface area contributed by atoms with Gasteiger partial charge in [0.15, 0.2) is 0 Å². The van der Waals surface area contributed by atoms with Crippen LogP contribution >= 0.6 is 0 Å². The largest absolute Gasteiger partial charge is 0.496 e. The molecule has 1 N–H and O–H groups in total. The highest BCUT2D eigenvalue weighted by molar-refractivity contribution is 5.83. The maximum Gasteiger partial charge on any atom is 0.416 e. The molecule has 1 aliphatic rings. The maximum absolute atomic E-state index is 13.1. The first-order valence-electron chi connectivity index (χ1n) is 12.5. The van der Waals surface area contributed by atoms with Crippen LogP contribution in [0, 0.1) is 11.3 Å². The summed E-state index contributed by atoms with van der Waals surface area (Å²) in [6, 6.07) is 8.97. The highest BCUT2D eigenvalue weighted by atomic mass is 19.4. The molecule has 200 valence electrons. The van der Waals surface area contributed by atoms with Gasteiger partial charge >= 0.3 is 12.1 Å². The molecule has 6 nitrogen and oxygen atoms in total. The number of ether oxygens (including phenoxy) is 2. The zero-order valence-electron chi connectivity index (χ0n) is 21.9. The first-order valence-corrected chi connectivity index (χ1v) is 12.5. The van der Waals surface area contributed by atoms with E-state index in [-0.39, 0.29) is 23.8 Å². The molecule has 4 rings (SSSR count). The van der Waals surface area contributed by atoms with E-state index in [9.17, 15) is 18.0 Å². The minimum absolute atomic E-state index is 0.134. The minimum Gasteiger partial charge on any atom is -0.496 e. The van der Waals surface area contributed by atoms with Crippen molar-refractivity contribution < 1.29 is 27.4 Å². The predicted molar refractivity (Wildman–Crippen MR) is 137 cm³/mol. The van der Waals surface area contributed by atoms with Crippen molar-refractivity contribution in [3.63, 3.8) is 0 Å². The van der Waals surface area contributed by atoms with E-state index < -0.39 is 11.7 Å². The van der Waals surface area contributed by atoms with Crippen molar-refractivity contribution in [1.29, 1.82) is 0 Å². The monoisotopic (exact) mass is 517 g/mol. The van der Waals surface area contributed by atoms with Crippen LogP contribution in [0.4, 0.5) is 24.8 Å². The van der Waals surface area contributed by atoms with E-state index >= 15 is 0 Å². The summed E-state index contributed by atoms with van der Waals surface area (Å²) in [5, 5.41) is 3.27. The Labute approximate surface area is 215 Å². The summed E-state index contributed by atoms with van der Waals surface area (Å²) in [4.78, 5) is 16.6. The van der Waals surface area contributed by atoms with Crippen LogP contribution in [0.25, 0.3) is 11.0 Å². The number of anilines is 2. The number of benzene rings is 2. The van der Waals surface area contributed by atoms with Crippen molar-refractivity contribution in [1.82, 2.24) is 9.55 Å². The number of halogens is 3. The van der Waals surface area contributed by atoms with E-state index in [4.69, 9.17) is 14.5 Å². The van der Waals surface area contributed by atoms with Crippen LogP contribution in [0.2, 0.25) is 0 Å². The van der Waals surface area contributed by atoms with Gasteiger partial charge in [0.2, 0.25) is 5.95 Å². The normalized spacial score (nSPS) is 19.6. The number of hydrogen-bond acceptors (Lipinski definition) is 5. The Morgan fingerprint density at radius 2 is 1.86 bits per heavy atom.